The largest absolute Gasteiger partial charge is 0.477 e. The predicted octanol–water partition coefficient (Wildman–Crippen LogP) is 0.780. The first-order chi connectivity index (χ1) is 9.58. The van der Waals surface area contributed by atoms with Crippen molar-refractivity contribution in [3.63, 3.8) is 0 Å². The molecule has 1 aliphatic rings. The fraction of sp³-hybridized carbons (Fsp3) is 0.615. The monoisotopic (exact) mass is 281 g/mol. The number of aromatic amines is 1. The minimum Gasteiger partial charge on any atom is -0.477 e. The third-order valence-electron chi connectivity index (χ3n) is 3.94. The zero-order valence-corrected chi connectivity index (χ0v) is 11.2. The van der Waals surface area contributed by atoms with Gasteiger partial charge < -0.3 is 20.5 Å². The summed E-state index contributed by atoms with van der Waals surface area (Å²) < 4.78 is 0. The Balaban J connectivity index is 2.01. The van der Waals surface area contributed by atoms with Crippen molar-refractivity contribution in [1.29, 1.82) is 0 Å². The van der Waals surface area contributed by atoms with E-state index in [1.807, 2.05) is 0 Å². The number of aliphatic hydroxyl groups is 1. The Bertz CT molecular complexity index is 492. The molecule has 1 saturated carbocycles. The van der Waals surface area contributed by atoms with Crippen molar-refractivity contribution in [1.82, 2.24) is 15.3 Å². The first-order valence-corrected chi connectivity index (χ1v) is 6.74. The molecular weight excluding hydrogens is 262 g/mol. The van der Waals surface area contributed by atoms with E-state index >= 15 is 0 Å². The number of aromatic carboxylic acids is 1. The Hall–Kier alpha value is -1.89. The van der Waals surface area contributed by atoms with Gasteiger partial charge in [-0.25, -0.2) is 9.78 Å². The standard InChI is InChI=1S/C13H19N3O4/c17-7-13(4-2-1-3-5-13)6-14-11(18)9-10(12(19)20)16-8-15-9/h8,17H,1-7H2,(H,14,18)(H,15,16)(H,19,20). The molecule has 2 rings (SSSR count). The first kappa shape index (κ1) is 14.5. The summed E-state index contributed by atoms with van der Waals surface area (Å²) in [7, 11) is 0. The minimum absolute atomic E-state index is 0.0274. The molecule has 20 heavy (non-hydrogen) atoms. The maximum atomic E-state index is 12.0. The van der Waals surface area contributed by atoms with Crippen molar-refractivity contribution in [2.75, 3.05) is 13.2 Å². The first-order valence-electron chi connectivity index (χ1n) is 6.74. The second-order valence-electron chi connectivity index (χ2n) is 5.33. The summed E-state index contributed by atoms with van der Waals surface area (Å²) in [5.41, 5.74) is -0.626. The Morgan fingerprint density at radius 3 is 2.65 bits per heavy atom. The van der Waals surface area contributed by atoms with E-state index < -0.39 is 11.9 Å². The van der Waals surface area contributed by atoms with Gasteiger partial charge in [-0.15, -0.1) is 0 Å². The molecular formula is C13H19N3O4. The molecule has 7 nitrogen and oxygen atoms in total. The predicted molar refractivity (Wildman–Crippen MR) is 70.5 cm³/mol. The van der Waals surface area contributed by atoms with Crippen LogP contribution < -0.4 is 5.32 Å². The van der Waals surface area contributed by atoms with E-state index in [-0.39, 0.29) is 23.4 Å². The molecule has 1 heterocycles. The molecule has 1 aromatic rings. The van der Waals surface area contributed by atoms with Gasteiger partial charge in [0.25, 0.3) is 5.91 Å². The van der Waals surface area contributed by atoms with E-state index in [2.05, 4.69) is 15.3 Å². The summed E-state index contributed by atoms with van der Waals surface area (Å²) in [6.45, 7) is 0.369. The van der Waals surface area contributed by atoms with Crippen LogP contribution in [0.2, 0.25) is 0 Å². The van der Waals surface area contributed by atoms with Gasteiger partial charge in [0.15, 0.2) is 11.4 Å². The molecule has 0 spiro atoms. The highest BCUT2D eigenvalue weighted by Crippen LogP contribution is 2.35. The van der Waals surface area contributed by atoms with E-state index in [9.17, 15) is 14.7 Å². The van der Waals surface area contributed by atoms with Gasteiger partial charge in [0.1, 0.15) is 0 Å². The van der Waals surface area contributed by atoms with Crippen LogP contribution in [0.5, 0.6) is 0 Å². The van der Waals surface area contributed by atoms with Crippen LogP contribution in [0.1, 0.15) is 53.1 Å². The van der Waals surface area contributed by atoms with Crippen LogP contribution in [-0.2, 0) is 0 Å². The molecule has 110 valence electrons. The molecule has 1 fully saturated rings. The lowest BCUT2D eigenvalue weighted by molar-refractivity contribution is 0.0670. The van der Waals surface area contributed by atoms with Gasteiger partial charge in [0.05, 0.1) is 12.9 Å². The van der Waals surface area contributed by atoms with E-state index in [4.69, 9.17) is 5.11 Å². The molecule has 0 aromatic carbocycles. The number of aromatic nitrogens is 2. The maximum absolute atomic E-state index is 12.0. The van der Waals surface area contributed by atoms with Crippen molar-refractivity contribution in [2.45, 2.75) is 32.1 Å². The lowest BCUT2D eigenvalue weighted by atomic mass is 9.74. The number of hydrogen-bond acceptors (Lipinski definition) is 4. The van der Waals surface area contributed by atoms with Gasteiger partial charge in [-0.1, -0.05) is 19.3 Å². The van der Waals surface area contributed by atoms with E-state index in [0.717, 1.165) is 32.1 Å². The van der Waals surface area contributed by atoms with Crippen molar-refractivity contribution in [2.24, 2.45) is 5.41 Å². The quantitative estimate of drug-likeness (QED) is 0.636. The molecule has 0 saturated heterocycles. The second kappa shape index (κ2) is 6.04. The second-order valence-corrected chi connectivity index (χ2v) is 5.33. The molecule has 4 N–H and O–H groups in total. The molecule has 1 amide bonds. The van der Waals surface area contributed by atoms with Crippen LogP contribution in [-0.4, -0.2) is 45.2 Å². The molecule has 0 radical (unpaired) electrons. The van der Waals surface area contributed by atoms with Crippen molar-refractivity contribution < 1.29 is 19.8 Å². The van der Waals surface area contributed by atoms with E-state index in [1.165, 1.54) is 6.33 Å². The van der Waals surface area contributed by atoms with Crippen LogP contribution >= 0.6 is 0 Å². The number of nitrogens with one attached hydrogen (secondary N) is 2. The third kappa shape index (κ3) is 2.98. The number of rotatable bonds is 5. The van der Waals surface area contributed by atoms with Crippen LogP contribution in [0, 0.1) is 5.41 Å². The van der Waals surface area contributed by atoms with Gasteiger partial charge >= 0.3 is 5.97 Å². The third-order valence-corrected chi connectivity index (χ3v) is 3.94. The molecule has 7 heteroatoms. The molecule has 0 unspecified atom stereocenters. The van der Waals surface area contributed by atoms with E-state index in [0.29, 0.717) is 6.54 Å². The smallest absolute Gasteiger partial charge is 0.354 e. The molecule has 0 bridgehead atoms. The van der Waals surface area contributed by atoms with Crippen molar-refractivity contribution in [3.05, 3.63) is 17.7 Å². The number of carbonyl (C=O) groups is 2. The molecule has 1 aliphatic carbocycles. The number of amides is 1. The van der Waals surface area contributed by atoms with Crippen LogP contribution in [0.25, 0.3) is 0 Å². The maximum Gasteiger partial charge on any atom is 0.354 e. The molecule has 0 atom stereocenters. The molecule has 1 aromatic heterocycles. The summed E-state index contributed by atoms with van der Waals surface area (Å²) in [4.78, 5) is 29.1. The topological polar surface area (TPSA) is 115 Å². The Labute approximate surface area is 116 Å². The average Bonchev–Trinajstić information content (AvgIpc) is 2.95. The number of nitrogens with zero attached hydrogens (tertiary/aromatic N) is 1. The van der Waals surface area contributed by atoms with E-state index in [1.54, 1.807) is 0 Å². The van der Waals surface area contributed by atoms with Gasteiger partial charge in [0.2, 0.25) is 0 Å². The summed E-state index contributed by atoms with van der Waals surface area (Å²) in [6, 6.07) is 0. The number of aliphatic hydroxyl groups excluding tert-OH is 1. The fourth-order valence-electron chi connectivity index (χ4n) is 2.67. The van der Waals surface area contributed by atoms with Crippen LogP contribution in [0.15, 0.2) is 6.33 Å². The van der Waals surface area contributed by atoms with Gasteiger partial charge in [-0.05, 0) is 12.8 Å². The fourth-order valence-corrected chi connectivity index (χ4v) is 2.67. The normalized spacial score (nSPS) is 17.6. The van der Waals surface area contributed by atoms with Crippen LogP contribution in [0.3, 0.4) is 0 Å². The van der Waals surface area contributed by atoms with Crippen molar-refractivity contribution in [3.8, 4) is 0 Å². The number of carboxylic acid groups (broad SMARTS) is 1. The highest BCUT2D eigenvalue weighted by molar-refractivity contribution is 6.02. The molecule has 0 aliphatic heterocycles. The highest BCUT2D eigenvalue weighted by Gasteiger charge is 2.32. The number of imidazole rings is 1. The number of H-pyrrole nitrogens is 1. The summed E-state index contributed by atoms with van der Waals surface area (Å²) >= 11 is 0. The summed E-state index contributed by atoms with van der Waals surface area (Å²) in [6.07, 6.45) is 6.16. The highest BCUT2D eigenvalue weighted by atomic mass is 16.4. The minimum atomic E-state index is -1.22. The number of carbonyl (C=O) groups excluding carboxylic acids is 1. The van der Waals surface area contributed by atoms with Gasteiger partial charge in [-0.3, -0.25) is 4.79 Å². The SMILES string of the molecule is O=C(NCC1(CO)CCCCC1)c1nc[nH]c1C(=O)O. The zero-order valence-electron chi connectivity index (χ0n) is 11.2. The summed E-state index contributed by atoms with van der Waals surface area (Å²) in [5, 5.41) is 21.2. The average molecular weight is 281 g/mol. The van der Waals surface area contributed by atoms with Gasteiger partial charge in [-0.2, -0.15) is 0 Å². The summed E-state index contributed by atoms with van der Waals surface area (Å²) in [5.74, 6) is -1.75. The number of hydrogen-bond donors (Lipinski definition) is 4. The lowest BCUT2D eigenvalue weighted by Gasteiger charge is -2.35. The number of carboxylic acids is 1. The van der Waals surface area contributed by atoms with Crippen LogP contribution in [0.4, 0.5) is 0 Å². The Morgan fingerprint density at radius 1 is 1.35 bits per heavy atom. The Kier molecular flexibility index (Phi) is 4.39. The van der Waals surface area contributed by atoms with Gasteiger partial charge in [0, 0.05) is 12.0 Å². The lowest BCUT2D eigenvalue weighted by Crippen LogP contribution is -2.41. The van der Waals surface area contributed by atoms with Crippen molar-refractivity contribution >= 4 is 11.9 Å². The zero-order chi connectivity index (χ0) is 14.6. The Morgan fingerprint density at radius 2 is 2.05 bits per heavy atom.